The molecule has 83 heavy (non-hydrogen) atoms. The van der Waals surface area contributed by atoms with E-state index in [1.807, 2.05) is 0 Å². The van der Waals surface area contributed by atoms with Gasteiger partial charge in [-0.1, -0.05) is 289 Å². The summed E-state index contributed by atoms with van der Waals surface area (Å²) in [6, 6.07) is 0. The van der Waals surface area contributed by atoms with Crippen molar-refractivity contribution in [3.05, 3.63) is 146 Å². The third kappa shape index (κ3) is 68.0. The van der Waals surface area contributed by atoms with Gasteiger partial charge in [-0.15, -0.1) is 0 Å². The Morgan fingerprint density at radius 3 is 0.735 bits per heavy atom. The molecule has 0 aromatic carbocycles. The quantitative estimate of drug-likeness (QED) is 0.0261. The highest BCUT2D eigenvalue weighted by Gasteiger charge is 2.19. The molecule has 0 rings (SSSR count). The van der Waals surface area contributed by atoms with Gasteiger partial charge in [0.1, 0.15) is 13.2 Å². The number of ether oxygens (including phenoxy) is 3. The molecule has 0 amide bonds. The minimum Gasteiger partial charge on any atom is -0.462 e. The molecule has 0 saturated carbocycles. The molecule has 0 aromatic heterocycles. The van der Waals surface area contributed by atoms with Gasteiger partial charge in [0.05, 0.1) is 0 Å². The lowest BCUT2D eigenvalue weighted by atomic mass is 10.1. The molecule has 0 spiro atoms. The molecule has 6 heteroatoms. The van der Waals surface area contributed by atoms with Crippen molar-refractivity contribution in [1.29, 1.82) is 0 Å². The van der Waals surface area contributed by atoms with E-state index in [4.69, 9.17) is 14.2 Å². The molecule has 0 fully saturated rings. The topological polar surface area (TPSA) is 78.9 Å². The molecular formula is C77H126O6. The Labute approximate surface area is 512 Å². The van der Waals surface area contributed by atoms with Crippen molar-refractivity contribution >= 4 is 17.9 Å². The minimum absolute atomic E-state index is 0.0920. The van der Waals surface area contributed by atoms with Crippen LogP contribution in [-0.2, 0) is 28.6 Å². The van der Waals surface area contributed by atoms with Gasteiger partial charge in [-0.2, -0.15) is 0 Å². The summed E-state index contributed by atoms with van der Waals surface area (Å²) in [6.45, 7) is 6.38. The van der Waals surface area contributed by atoms with Crippen LogP contribution in [0.1, 0.15) is 303 Å². The predicted molar refractivity (Wildman–Crippen MR) is 362 cm³/mol. The third-order valence-electron chi connectivity index (χ3n) is 14.3. The molecule has 0 radical (unpaired) electrons. The van der Waals surface area contributed by atoms with E-state index in [0.717, 1.165) is 154 Å². The fourth-order valence-electron chi connectivity index (χ4n) is 9.23. The van der Waals surface area contributed by atoms with Gasteiger partial charge in [0.25, 0.3) is 0 Å². The maximum Gasteiger partial charge on any atom is 0.306 e. The molecule has 0 aliphatic carbocycles. The largest absolute Gasteiger partial charge is 0.462 e. The second-order valence-corrected chi connectivity index (χ2v) is 22.3. The van der Waals surface area contributed by atoms with E-state index in [2.05, 4.69) is 167 Å². The number of hydrogen-bond acceptors (Lipinski definition) is 6. The first kappa shape index (κ1) is 78.3. The average molecular weight is 1150 g/mol. The average Bonchev–Trinajstić information content (AvgIpc) is 3.49. The van der Waals surface area contributed by atoms with Gasteiger partial charge in [0, 0.05) is 19.3 Å². The lowest BCUT2D eigenvalue weighted by Gasteiger charge is -2.18. The summed E-state index contributed by atoms with van der Waals surface area (Å²) in [5.74, 6) is -0.913. The number of esters is 3. The predicted octanol–water partition coefficient (Wildman–Crippen LogP) is 23.9. The highest BCUT2D eigenvalue weighted by molar-refractivity contribution is 5.71. The molecule has 1 unspecified atom stereocenters. The highest BCUT2D eigenvalue weighted by atomic mass is 16.6. The molecule has 0 heterocycles. The van der Waals surface area contributed by atoms with Crippen LogP contribution in [0.25, 0.3) is 0 Å². The van der Waals surface area contributed by atoms with E-state index >= 15 is 0 Å². The van der Waals surface area contributed by atoms with Crippen LogP contribution in [0.3, 0.4) is 0 Å². The summed E-state index contributed by atoms with van der Waals surface area (Å²) in [4.78, 5) is 38.4. The van der Waals surface area contributed by atoms with Crippen LogP contribution >= 0.6 is 0 Å². The first-order chi connectivity index (χ1) is 41.0. The van der Waals surface area contributed by atoms with Gasteiger partial charge >= 0.3 is 17.9 Å². The van der Waals surface area contributed by atoms with Crippen LogP contribution in [0.5, 0.6) is 0 Å². The van der Waals surface area contributed by atoms with E-state index in [-0.39, 0.29) is 31.1 Å². The second kappa shape index (κ2) is 69.8. The summed E-state index contributed by atoms with van der Waals surface area (Å²) in [6.07, 6.45) is 100.0. The van der Waals surface area contributed by atoms with Crippen molar-refractivity contribution in [3.8, 4) is 0 Å². The number of carbonyl (C=O) groups excluding carboxylic acids is 3. The lowest BCUT2D eigenvalue weighted by Crippen LogP contribution is -2.30. The van der Waals surface area contributed by atoms with E-state index < -0.39 is 6.10 Å². The molecule has 0 aliphatic rings. The van der Waals surface area contributed by atoms with Gasteiger partial charge < -0.3 is 14.2 Å². The molecule has 0 N–H and O–H groups in total. The van der Waals surface area contributed by atoms with Gasteiger partial charge in [-0.25, -0.2) is 0 Å². The zero-order valence-electron chi connectivity index (χ0n) is 53.9. The molecule has 0 bridgehead atoms. The summed E-state index contributed by atoms with van der Waals surface area (Å²) < 4.78 is 17.0. The Kier molecular flexibility index (Phi) is 65.8. The summed E-state index contributed by atoms with van der Waals surface area (Å²) in [5, 5.41) is 0. The fraction of sp³-hybridized carbons (Fsp3) is 0.649. The SMILES string of the molecule is CC/C=C\C/C=C\C/C=C\C/C=C\C/C=C\C/C=C\CCCCCCCCCCCCC(=O)OCC(COC(=O)CCCCCCC/C=C\C/C=C\CCCCC)OC(=O)CCCCCCCCCC/C=C\C/C=C\C/C=C\C/C=C\CC. The number of hydrogen-bond donors (Lipinski definition) is 0. The van der Waals surface area contributed by atoms with Gasteiger partial charge in [-0.3, -0.25) is 14.4 Å². The summed E-state index contributed by atoms with van der Waals surface area (Å²) >= 11 is 0. The maximum atomic E-state index is 13.0. The first-order valence-corrected chi connectivity index (χ1v) is 34.3. The van der Waals surface area contributed by atoms with E-state index in [0.29, 0.717) is 19.3 Å². The van der Waals surface area contributed by atoms with Crippen molar-refractivity contribution in [2.24, 2.45) is 0 Å². The lowest BCUT2D eigenvalue weighted by molar-refractivity contribution is -0.167. The Hall–Kier alpha value is -4.71. The molecule has 0 aromatic rings. The van der Waals surface area contributed by atoms with Gasteiger partial charge in [0.2, 0.25) is 0 Å². The van der Waals surface area contributed by atoms with Crippen molar-refractivity contribution in [2.45, 2.75) is 309 Å². The number of allylic oxidation sites excluding steroid dienone is 24. The van der Waals surface area contributed by atoms with Gasteiger partial charge in [-0.05, 0) is 141 Å². The summed E-state index contributed by atoms with van der Waals surface area (Å²) in [5.41, 5.74) is 0. The molecule has 6 nitrogen and oxygen atoms in total. The molecule has 470 valence electrons. The Balaban J connectivity index is 4.37. The van der Waals surface area contributed by atoms with E-state index in [1.165, 1.54) is 109 Å². The van der Waals surface area contributed by atoms with E-state index in [9.17, 15) is 14.4 Å². The number of unbranched alkanes of at least 4 members (excludes halogenated alkanes) is 26. The molecule has 0 saturated heterocycles. The summed E-state index contributed by atoms with van der Waals surface area (Å²) in [7, 11) is 0. The molecular weight excluding hydrogens is 1020 g/mol. The van der Waals surface area contributed by atoms with Crippen LogP contribution in [0.2, 0.25) is 0 Å². The van der Waals surface area contributed by atoms with Crippen LogP contribution in [0.15, 0.2) is 146 Å². The van der Waals surface area contributed by atoms with Crippen LogP contribution in [0, 0.1) is 0 Å². The van der Waals surface area contributed by atoms with Crippen molar-refractivity contribution in [3.63, 3.8) is 0 Å². The molecule has 0 aliphatic heterocycles. The van der Waals surface area contributed by atoms with Crippen molar-refractivity contribution < 1.29 is 28.6 Å². The zero-order chi connectivity index (χ0) is 59.9. The van der Waals surface area contributed by atoms with Crippen LogP contribution < -0.4 is 0 Å². The Morgan fingerprint density at radius 2 is 0.470 bits per heavy atom. The maximum absolute atomic E-state index is 13.0. The number of carbonyl (C=O) groups is 3. The van der Waals surface area contributed by atoms with E-state index in [1.54, 1.807) is 0 Å². The fourth-order valence-corrected chi connectivity index (χ4v) is 9.23. The highest BCUT2D eigenvalue weighted by Crippen LogP contribution is 2.16. The second-order valence-electron chi connectivity index (χ2n) is 22.3. The zero-order valence-corrected chi connectivity index (χ0v) is 53.9. The minimum atomic E-state index is -0.798. The van der Waals surface area contributed by atoms with Crippen LogP contribution in [-0.4, -0.2) is 37.2 Å². The third-order valence-corrected chi connectivity index (χ3v) is 14.3. The van der Waals surface area contributed by atoms with Crippen LogP contribution in [0.4, 0.5) is 0 Å². The van der Waals surface area contributed by atoms with Crippen molar-refractivity contribution in [2.75, 3.05) is 13.2 Å². The Morgan fingerprint density at radius 1 is 0.253 bits per heavy atom. The normalized spacial score (nSPS) is 13.0. The van der Waals surface area contributed by atoms with Crippen molar-refractivity contribution in [1.82, 2.24) is 0 Å². The smallest absolute Gasteiger partial charge is 0.306 e. The molecule has 1 atom stereocenters. The number of rotatable bonds is 61. The first-order valence-electron chi connectivity index (χ1n) is 34.3. The monoisotopic (exact) mass is 1150 g/mol. The van der Waals surface area contributed by atoms with Gasteiger partial charge in [0.15, 0.2) is 6.10 Å². The Bertz CT molecular complexity index is 1800. The standard InChI is InChI=1S/C77H126O6/c1-4-7-10-13-16-19-22-25-28-30-32-34-35-36-37-38-39-40-41-43-44-46-49-52-55-58-61-64-67-70-76(79)82-73-74(72-81-75(78)69-66-63-60-57-54-51-48-27-24-21-18-15-12-9-6-3)83-77(80)71-68-65-62-59-56-53-50-47-45-42-33-31-29-26-23-20-17-14-11-8-5-2/h7-8,10-11,16-21,25-29,32-34,36-37,39-40,42,48,74H,4-6,9,12-15,22-24,30-31,35,38,41,43-47,49-73H2,1-3H3/b10-7-,11-8-,19-16-,20-17-,21-18-,28-25-,29-26-,34-32-,37-36-,40-39-,42-33-,48-27-.